The van der Waals surface area contributed by atoms with Gasteiger partial charge < -0.3 is 19.6 Å². The molecule has 0 aliphatic rings. The summed E-state index contributed by atoms with van der Waals surface area (Å²) in [7, 11) is 0. The summed E-state index contributed by atoms with van der Waals surface area (Å²) in [6.45, 7) is 1.21. The van der Waals surface area contributed by atoms with Crippen molar-refractivity contribution in [1.29, 1.82) is 0 Å². The molecule has 0 fully saturated rings. The van der Waals surface area contributed by atoms with Gasteiger partial charge in [0.25, 0.3) is 0 Å². The molecule has 1 heterocycles. The Balaban J connectivity index is 1.74. The summed E-state index contributed by atoms with van der Waals surface area (Å²) in [5.41, 5.74) is 0.738. The van der Waals surface area contributed by atoms with Crippen LogP contribution in [0, 0.1) is 0 Å². The molecule has 7 nitrogen and oxygen atoms in total. The fourth-order valence-electron chi connectivity index (χ4n) is 2.91. The van der Waals surface area contributed by atoms with Crippen molar-refractivity contribution in [2.45, 2.75) is 26.0 Å². The van der Waals surface area contributed by atoms with E-state index in [1.165, 1.54) is 25.1 Å². The maximum absolute atomic E-state index is 12.4. The van der Waals surface area contributed by atoms with Gasteiger partial charge in [0, 0.05) is 35.0 Å². The number of hydrogen-bond acceptors (Lipinski definition) is 6. The van der Waals surface area contributed by atoms with Gasteiger partial charge >= 0.3 is 11.6 Å². The van der Waals surface area contributed by atoms with Crippen molar-refractivity contribution in [1.82, 2.24) is 5.32 Å². The predicted octanol–water partition coefficient (Wildman–Crippen LogP) is 3.46. The summed E-state index contributed by atoms with van der Waals surface area (Å²) in [6.07, 6.45) is -0.0959. The minimum atomic E-state index is -0.619. The standard InChI is InChI=1S/C21H18ClNO6/c1-12(24)23-18(13-2-4-15(22)5-3-13)10-20(26)28-11-14-8-21(27)29-19-9-16(25)6-7-17(14)19/h2-9,18,25H,10-11H2,1H3,(H,23,24)/t18-/m1/s1. The van der Waals surface area contributed by atoms with Gasteiger partial charge in [-0.1, -0.05) is 23.7 Å². The van der Waals surface area contributed by atoms with Gasteiger partial charge in [-0.25, -0.2) is 4.79 Å². The van der Waals surface area contributed by atoms with Crippen LogP contribution in [0.1, 0.15) is 30.5 Å². The molecule has 150 valence electrons. The van der Waals surface area contributed by atoms with Crippen LogP contribution in [0.2, 0.25) is 5.02 Å². The monoisotopic (exact) mass is 415 g/mol. The first-order valence-corrected chi connectivity index (χ1v) is 9.13. The fraction of sp³-hybridized carbons (Fsp3) is 0.190. The number of halogens is 1. The lowest BCUT2D eigenvalue weighted by atomic mass is 10.0. The number of fused-ring (bicyclic) bond motifs is 1. The largest absolute Gasteiger partial charge is 0.508 e. The van der Waals surface area contributed by atoms with Crippen molar-refractivity contribution in [3.8, 4) is 5.75 Å². The normalized spacial score (nSPS) is 11.8. The molecule has 0 radical (unpaired) electrons. The lowest BCUT2D eigenvalue weighted by Crippen LogP contribution is -2.28. The van der Waals surface area contributed by atoms with Crippen LogP contribution in [0.4, 0.5) is 0 Å². The van der Waals surface area contributed by atoms with Crippen molar-refractivity contribution in [2.24, 2.45) is 0 Å². The van der Waals surface area contributed by atoms with E-state index < -0.39 is 17.6 Å². The van der Waals surface area contributed by atoms with Gasteiger partial charge in [-0.2, -0.15) is 0 Å². The van der Waals surface area contributed by atoms with Crippen LogP contribution in [-0.2, 0) is 20.9 Å². The van der Waals surface area contributed by atoms with Gasteiger partial charge in [0.1, 0.15) is 17.9 Å². The molecule has 1 atom stereocenters. The van der Waals surface area contributed by atoms with Crippen molar-refractivity contribution in [2.75, 3.05) is 0 Å². The van der Waals surface area contributed by atoms with E-state index in [9.17, 15) is 19.5 Å². The average molecular weight is 416 g/mol. The molecule has 0 saturated heterocycles. The topological polar surface area (TPSA) is 106 Å². The van der Waals surface area contributed by atoms with E-state index in [4.69, 9.17) is 20.8 Å². The van der Waals surface area contributed by atoms with E-state index in [0.29, 0.717) is 21.5 Å². The van der Waals surface area contributed by atoms with Crippen molar-refractivity contribution in [3.63, 3.8) is 0 Å². The van der Waals surface area contributed by atoms with Gasteiger partial charge in [0.15, 0.2) is 0 Å². The Labute approximate surface area is 170 Å². The van der Waals surface area contributed by atoms with Crippen LogP contribution < -0.4 is 10.9 Å². The van der Waals surface area contributed by atoms with Crippen molar-refractivity contribution < 1.29 is 23.8 Å². The lowest BCUT2D eigenvalue weighted by Gasteiger charge is -2.18. The zero-order chi connectivity index (χ0) is 21.0. The number of esters is 1. The molecule has 1 aromatic heterocycles. The van der Waals surface area contributed by atoms with Crippen LogP contribution in [0.15, 0.2) is 57.7 Å². The van der Waals surface area contributed by atoms with E-state index in [2.05, 4.69) is 5.32 Å². The van der Waals surface area contributed by atoms with E-state index in [-0.39, 0.29) is 30.3 Å². The molecule has 0 unspecified atom stereocenters. The molecule has 0 spiro atoms. The first kappa shape index (κ1) is 20.4. The Hall–Kier alpha value is -3.32. The molecule has 2 aromatic carbocycles. The summed E-state index contributed by atoms with van der Waals surface area (Å²) in [6, 6.07) is 11.8. The number of hydrogen-bond donors (Lipinski definition) is 2. The number of benzene rings is 2. The van der Waals surface area contributed by atoms with Crippen LogP contribution >= 0.6 is 11.6 Å². The Bertz CT molecular complexity index is 1110. The number of ether oxygens (including phenoxy) is 1. The van der Waals surface area contributed by atoms with Gasteiger partial charge in [0.2, 0.25) is 5.91 Å². The predicted molar refractivity (Wildman–Crippen MR) is 107 cm³/mol. The second-order valence-electron chi connectivity index (χ2n) is 6.44. The number of amides is 1. The fourth-order valence-corrected chi connectivity index (χ4v) is 3.04. The van der Waals surface area contributed by atoms with Crippen LogP contribution in [0.25, 0.3) is 11.0 Å². The Kier molecular flexibility index (Phi) is 6.19. The quantitative estimate of drug-likeness (QED) is 0.471. The third-order valence-corrected chi connectivity index (χ3v) is 4.48. The van der Waals surface area contributed by atoms with Crippen LogP contribution in [-0.4, -0.2) is 17.0 Å². The van der Waals surface area contributed by atoms with Gasteiger partial charge in [0.05, 0.1) is 12.5 Å². The molecule has 0 saturated carbocycles. The van der Waals surface area contributed by atoms with Crippen molar-refractivity contribution >= 4 is 34.4 Å². The third kappa shape index (κ3) is 5.36. The molecule has 0 bridgehead atoms. The highest BCUT2D eigenvalue weighted by molar-refractivity contribution is 6.30. The maximum Gasteiger partial charge on any atom is 0.336 e. The van der Waals surface area contributed by atoms with Crippen molar-refractivity contribution in [3.05, 3.63) is 75.1 Å². The molecule has 8 heteroatoms. The highest BCUT2D eigenvalue weighted by atomic mass is 35.5. The van der Waals surface area contributed by atoms with Crippen LogP contribution in [0.5, 0.6) is 5.75 Å². The summed E-state index contributed by atoms with van der Waals surface area (Å²) >= 11 is 5.89. The van der Waals surface area contributed by atoms with Gasteiger partial charge in [-0.05, 0) is 29.8 Å². The minimum absolute atomic E-state index is 0.0455. The number of carbonyl (C=O) groups is 2. The SMILES string of the molecule is CC(=O)N[C@H](CC(=O)OCc1cc(=O)oc2cc(O)ccc12)c1ccc(Cl)cc1. The molecule has 3 rings (SSSR count). The zero-order valence-electron chi connectivity index (χ0n) is 15.5. The molecule has 3 aromatic rings. The smallest absolute Gasteiger partial charge is 0.336 e. The van der Waals surface area contributed by atoms with E-state index in [1.54, 1.807) is 30.3 Å². The summed E-state index contributed by atoms with van der Waals surface area (Å²) in [4.78, 5) is 35.6. The number of aromatic hydroxyl groups is 1. The first-order chi connectivity index (χ1) is 13.8. The second-order valence-corrected chi connectivity index (χ2v) is 6.88. The third-order valence-electron chi connectivity index (χ3n) is 4.22. The van der Waals surface area contributed by atoms with Gasteiger partial charge in [-0.15, -0.1) is 0 Å². The second kappa shape index (κ2) is 8.79. The maximum atomic E-state index is 12.4. The molecule has 0 aliphatic carbocycles. The number of phenolic OH excluding ortho intramolecular Hbond substituents is 1. The first-order valence-electron chi connectivity index (χ1n) is 8.76. The molecule has 2 N–H and O–H groups in total. The Morgan fingerprint density at radius 2 is 1.90 bits per heavy atom. The molecular weight excluding hydrogens is 398 g/mol. The van der Waals surface area contributed by atoms with Crippen LogP contribution in [0.3, 0.4) is 0 Å². The minimum Gasteiger partial charge on any atom is -0.508 e. The number of rotatable bonds is 6. The number of phenols is 1. The molecular formula is C21H18ClNO6. The summed E-state index contributed by atoms with van der Waals surface area (Å²) in [5.74, 6) is -0.890. The van der Waals surface area contributed by atoms with E-state index in [1.807, 2.05) is 0 Å². The molecule has 29 heavy (non-hydrogen) atoms. The Morgan fingerprint density at radius 1 is 1.17 bits per heavy atom. The van der Waals surface area contributed by atoms with E-state index >= 15 is 0 Å². The highest BCUT2D eigenvalue weighted by Crippen LogP contribution is 2.23. The zero-order valence-corrected chi connectivity index (χ0v) is 16.2. The number of nitrogens with one attached hydrogen (secondary N) is 1. The van der Waals surface area contributed by atoms with Gasteiger partial charge in [-0.3, -0.25) is 9.59 Å². The molecule has 0 aliphatic heterocycles. The molecule has 1 amide bonds. The lowest BCUT2D eigenvalue weighted by molar-refractivity contribution is -0.145. The van der Waals surface area contributed by atoms with E-state index in [0.717, 1.165) is 0 Å². The average Bonchev–Trinajstić information content (AvgIpc) is 2.65. The highest BCUT2D eigenvalue weighted by Gasteiger charge is 2.19. The number of carbonyl (C=O) groups excluding carboxylic acids is 2. The Morgan fingerprint density at radius 3 is 2.59 bits per heavy atom. The summed E-state index contributed by atoms with van der Waals surface area (Å²) < 4.78 is 10.4. The summed E-state index contributed by atoms with van der Waals surface area (Å²) in [5, 5.41) is 13.3.